The second-order valence-electron chi connectivity index (χ2n) is 4.84. The van der Waals surface area contributed by atoms with Crippen LogP contribution in [0, 0.1) is 19.7 Å². The molecule has 4 nitrogen and oxygen atoms in total. The summed E-state index contributed by atoms with van der Waals surface area (Å²) in [5.41, 5.74) is 7.46. The van der Waals surface area contributed by atoms with Crippen LogP contribution in [0.25, 0.3) is 0 Å². The maximum atomic E-state index is 13.3. The zero-order valence-corrected chi connectivity index (χ0v) is 12.7. The molecule has 2 rings (SSSR count). The van der Waals surface area contributed by atoms with Gasteiger partial charge in [-0.05, 0) is 48.7 Å². The van der Waals surface area contributed by atoms with Gasteiger partial charge in [-0.1, -0.05) is 18.2 Å². The number of benzene rings is 2. The highest BCUT2D eigenvalue weighted by atomic mass is 32.2. The molecule has 0 heterocycles. The molecule has 0 saturated carbocycles. The lowest BCUT2D eigenvalue weighted by molar-refractivity contribution is 0.597. The van der Waals surface area contributed by atoms with Gasteiger partial charge in [-0.2, -0.15) is 0 Å². The van der Waals surface area contributed by atoms with Gasteiger partial charge in [0.1, 0.15) is 5.82 Å². The third-order valence-corrected chi connectivity index (χ3v) is 4.85. The molecule has 0 aliphatic rings. The fourth-order valence-electron chi connectivity index (χ4n) is 2.31. The molecule has 0 aliphatic heterocycles. The van der Waals surface area contributed by atoms with Crippen molar-refractivity contribution in [1.82, 2.24) is 0 Å². The van der Waals surface area contributed by atoms with Crippen molar-refractivity contribution in [1.29, 1.82) is 0 Å². The predicted molar refractivity (Wildman–Crippen MR) is 81.0 cm³/mol. The van der Waals surface area contributed by atoms with Gasteiger partial charge >= 0.3 is 0 Å². The van der Waals surface area contributed by atoms with Crippen LogP contribution in [-0.2, 0) is 16.6 Å². The van der Waals surface area contributed by atoms with E-state index < -0.39 is 15.8 Å². The third kappa shape index (κ3) is 3.22. The quantitative estimate of drug-likeness (QED) is 0.912. The van der Waals surface area contributed by atoms with Crippen molar-refractivity contribution in [3.63, 3.8) is 0 Å². The lowest BCUT2D eigenvalue weighted by Crippen LogP contribution is -2.17. The summed E-state index contributed by atoms with van der Waals surface area (Å²) in [5, 5.41) is 0. The summed E-state index contributed by atoms with van der Waals surface area (Å²) >= 11 is 0. The van der Waals surface area contributed by atoms with Gasteiger partial charge in [-0.3, -0.25) is 4.72 Å². The summed E-state index contributed by atoms with van der Waals surface area (Å²) in [6.45, 7) is 3.36. The molecule has 0 unspecified atom stereocenters. The molecule has 0 bridgehead atoms. The van der Waals surface area contributed by atoms with E-state index in [2.05, 4.69) is 4.72 Å². The minimum atomic E-state index is -3.80. The number of hydrogen-bond acceptors (Lipinski definition) is 3. The van der Waals surface area contributed by atoms with Gasteiger partial charge in [-0.25, -0.2) is 12.8 Å². The van der Waals surface area contributed by atoms with E-state index >= 15 is 0 Å². The SMILES string of the molecule is Cc1cc(F)cc(C)c1S(=O)(=O)Nc1ccccc1CN. The molecule has 0 radical (unpaired) electrons. The van der Waals surface area contributed by atoms with E-state index in [0.29, 0.717) is 22.4 Å². The van der Waals surface area contributed by atoms with Crippen LogP contribution in [0.5, 0.6) is 0 Å². The Morgan fingerprint density at radius 2 is 1.71 bits per heavy atom. The Bertz CT molecular complexity index is 750. The Morgan fingerprint density at radius 1 is 1.14 bits per heavy atom. The first-order chi connectivity index (χ1) is 9.85. The molecule has 0 spiro atoms. The predicted octanol–water partition coefficient (Wildman–Crippen LogP) is 2.70. The Balaban J connectivity index is 2.49. The van der Waals surface area contributed by atoms with Crippen LogP contribution in [0.3, 0.4) is 0 Å². The Morgan fingerprint density at radius 3 is 2.29 bits per heavy atom. The fraction of sp³-hybridized carbons (Fsp3) is 0.200. The number of nitrogens with one attached hydrogen (secondary N) is 1. The third-order valence-electron chi connectivity index (χ3n) is 3.18. The Labute approximate surface area is 123 Å². The van der Waals surface area contributed by atoms with Crippen molar-refractivity contribution in [2.24, 2.45) is 5.73 Å². The highest BCUT2D eigenvalue weighted by molar-refractivity contribution is 7.92. The van der Waals surface area contributed by atoms with Gasteiger partial charge in [0.05, 0.1) is 10.6 Å². The Kier molecular flexibility index (Phi) is 4.29. The van der Waals surface area contributed by atoms with E-state index in [1.165, 1.54) is 12.1 Å². The molecule has 112 valence electrons. The first-order valence-electron chi connectivity index (χ1n) is 6.42. The Hall–Kier alpha value is -1.92. The van der Waals surface area contributed by atoms with Crippen LogP contribution in [0.4, 0.5) is 10.1 Å². The largest absolute Gasteiger partial charge is 0.326 e. The molecule has 2 aromatic carbocycles. The van der Waals surface area contributed by atoms with Crippen LogP contribution < -0.4 is 10.5 Å². The normalized spacial score (nSPS) is 11.4. The maximum absolute atomic E-state index is 13.3. The van der Waals surface area contributed by atoms with E-state index in [4.69, 9.17) is 5.73 Å². The first-order valence-corrected chi connectivity index (χ1v) is 7.91. The van der Waals surface area contributed by atoms with Crippen LogP contribution >= 0.6 is 0 Å². The molecular formula is C15H17FN2O2S. The van der Waals surface area contributed by atoms with Crippen molar-refractivity contribution in [2.75, 3.05) is 4.72 Å². The minimum Gasteiger partial charge on any atom is -0.326 e. The minimum absolute atomic E-state index is 0.0933. The highest BCUT2D eigenvalue weighted by Crippen LogP contribution is 2.25. The molecule has 0 saturated heterocycles. The van der Waals surface area contributed by atoms with E-state index in [-0.39, 0.29) is 11.4 Å². The lowest BCUT2D eigenvalue weighted by Gasteiger charge is -2.15. The van der Waals surface area contributed by atoms with Crippen molar-refractivity contribution < 1.29 is 12.8 Å². The summed E-state index contributed by atoms with van der Waals surface area (Å²) in [6.07, 6.45) is 0. The van der Waals surface area contributed by atoms with Crippen LogP contribution in [0.1, 0.15) is 16.7 Å². The van der Waals surface area contributed by atoms with Crippen molar-refractivity contribution in [3.8, 4) is 0 Å². The topological polar surface area (TPSA) is 72.2 Å². The summed E-state index contributed by atoms with van der Waals surface area (Å²) in [7, 11) is -3.80. The van der Waals surface area contributed by atoms with Crippen LogP contribution in [0.2, 0.25) is 0 Å². The fourth-order valence-corrected chi connectivity index (χ4v) is 3.87. The number of sulfonamides is 1. The molecule has 0 aromatic heterocycles. The highest BCUT2D eigenvalue weighted by Gasteiger charge is 2.21. The van der Waals surface area contributed by atoms with Crippen molar-refractivity contribution in [2.45, 2.75) is 25.3 Å². The van der Waals surface area contributed by atoms with Gasteiger partial charge in [0.2, 0.25) is 0 Å². The second kappa shape index (κ2) is 5.83. The van der Waals surface area contributed by atoms with Gasteiger partial charge in [0.15, 0.2) is 0 Å². The smallest absolute Gasteiger partial charge is 0.262 e. The van der Waals surface area contributed by atoms with Gasteiger partial charge in [-0.15, -0.1) is 0 Å². The zero-order chi connectivity index (χ0) is 15.6. The monoisotopic (exact) mass is 308 g/mol. The van der Waals surface area contributed by atoms with Gasteiger partial charge < -0.3 is 5.73 Å². The zero-order valence-electron chi connectivity index (χ0n) is 11.9. The molecule has 0 fully saturated rings. The van der Waals surface area contributed by atoms with E-state index in [1.807, 2.05) is 0 Å². The number of anilines is 1. The molecule has 2 aromatic rings. The van der Waals surface area contributed by atoms with E-state index in [1.54, 1.807) is 38.1 Å². The van der Waals surface area contributed by atoms with Crippen molar-refractivity contribution >= 4 is 15.7 Å². The maximum Gasteiger partial charge on any atom is 0.262 e. The molecule has 21 heavy (non-hydrogen) atoms. The molecule has 6 heteroatoms. The van der Waals surface area contributed by atoms with Crippen LogP contribution in [-0.4, -0.2) is 8.42 Å². The molecule has 0 atom stereocenters. The standard InChI is InChI=1S/C15H17FN2O2S/c1-10-7-13(16)8-11(2)15(10)21(19,20)18-14-6-4-3-5-12(14)9-17/h3-8,18H,9,17H2,1-2H3. The number of halogens is 1. The molecule has 0 aliphatic carbocycles. The number of nitrogens with two attached hydrogens (primary N) is 1. The van der Waals surface area contributed by atoms with E-state index in [0.717, 1.165) is 0 Å². The second-order valence-corrected chi connectivity index (χ2v) is 6.45. The van der Waals surface area contributed by atoms with Crippen LogP contribution in [0.15, 0.2) is 41.3 Å². The van der Waals surface area contributed by atoms with Crippen molar-refractivity contribution in [3.05, 3.63) is 58.9 Å². The molecule has 3 N–H and O–H groups in total. The summed E-state index contributed by atoms with van der Waals surface area (Å²) in [5.74, 6) is -0.452. The first kappa shape index (κ1) is 15.5. The summed E-state index contributed by atoms with van der Waals surface area (Å²) in [4.78, 5) is 0.0933. The van der Waals surface area contributed by atoms with E-state index in [9.17, 15) is 12.8 Å². The summed E-state index contributed by atoms with van der Waals surface area (Å²) in [6, 6.07) is 9.32. The molecular weight excluding hydrogens is 291 g/mol. The average Bonchev–Trinajstić information content (AvgIpc) is 2.37. The van der Waals surface area contributed by atoms with Gasteiger partial charge in [0, 0.05) is 6.54 Å². The summed E-state index contributed by atoms with van der Waals surface area (Å²) < 4.78 is 40.9. The number of hydrogen-bond donors (Lipinski definition) is 2. The lowest BCUT2D eigenvalue weighted by atomic mass is 10.1. The number of rotatable bonds is 4. The molecule has 0 amide bonds. The van der Waals surface area contributed by atoms with Gasteiger partial charge in [0.25, 0.3) is 10.0 Å². The number of para-hydroxylation sites is 1. The number of aryl methyl sites for hydroxylation is 2. The average molecular weight is 308 g/mol.